The summed E-state index contributed by atoms with van der Waals surface area (Å²) in [5.41, 5.74) is 5.07. The van der Waals surface area contributed by atoms with Crippen LogP contribution in [0.3, 0.4) is 0 Å². The maximum atomic E-state index is 13.1. The lowest BCUT2D eigenvalue weighted by atomic mass is 9.81. The van der Waals surface area contributed by atoms with Gasteiger partial charge < -0.3 is 20.5 Å². The van der Waals surface area contributed by atoms with Crippen LogP contribution in [0.2, 0.25) is 0 Å². The first-order chi connectivity index (χ1) is 21.1. The van der Waals surface area contributed by atoms with Crippen LogP contribution < -0.4 is 10.6 Å². The molecule has 2 heterocycles. The average molecular weight is 599 g/mol. The van der Waals surface area contributed by atoms with Crippen molar-refractivity contribution in [1.82, 2.24) is 20.5 Å². The summed E-state index contributed by atoms with van der Waals surface area (Å²) in [5.74, 6) is -0.211. The molecule has 3 N–H and O–H groups in total. The largest absolute Gasteiger partial charge is 0.384 e. The number of carbonyl (C=O) groups is 3. The molecule has 8 heteroatoms. The predicted octanol–water partition coefficient (Wildman–Crippen LogP) is 6.05. The van der Waals surface area contributed by atoms with E-state index in [-0.39, 0.29) is 28.8 Å². The highest BCUT2D eigenvalue weighted by atomic mass is 19.1. The van der Waals surface area contributed by atoms with E-state index >= 15 is 0 Å². The minimum Gasteiger partial charge on any atom is -0.384 e. The van der Waals surface area contributed by atoms with Crippen molar-refractivity contribution in [2.75, 3.05) is 13.1 Å². The number of aromatic amines is 1. The summed E-state index contributed by atoms with van der Waals surface area (Å²) in [7, 11) is 0. The number of carbonyl (C=O) groups excluding carboxylic acids is 3. The summed E-state index contributed by atoms with van der Waals surface area (Å²) in [4.78, 5) is 41.1. The number of aromatic nitrogens is 1. The number of halogens is 1. The van der Waals surface area contributed by atoms with Crippen LogP contribution in [0.5, 0.6) is 0 Å². The molecule has 0 unspecified atom stereocenters. The molecule has 2 amide bonds. The van der Waals surface area contributed by atoms with Crippen molar-refractivity contribution in [3.63, 3.8) is 0 Å². The number of nitrogens with one attached hydrogen (secondary N) is 3. The molecule has 3 aromatic rings. The predicted molar refractivity (Wildman–Crippen MR) is 172 cm³/mol. The molecule has 0 radical (unpaired) electrons. The highest BCUT2D eigenvalue weighted by Gasteiger charge is 2.36. The number of terminal acetylenes is 1. The quantitative estimate of drug-likeness (QED) is 0.262. The Hall–Kier alpha value is -4.64. The van der Waals surface area contributed by atoms with Gasteiger partial charge in [-0.05, 0) is 79.3 Å². The van der Waals surface area contributed by atoms with Gasteiger partial charge in [0.1, 0.15) is 17.3 Å². The van der Waals surface area contributed by atoms with Crippen LogP contribution in [0.4, 0.5) is 4.39 Å². The summed E-state index contributed by atoms with van der Waals surface area (Å²) in [6.45, 7) is 9.26. The van der Waals surface area contributed by atoms with Gasteiger partial charge in [-0.15, -0.1) is 12.8 Å². The Morgan fingerprint density at radius 3 is 2.32 bits per heavy atom. The van der Waals surface area contributed by atoms with Gasteiger partial charge in [-0.1, -0.05) is 45.0 Å². The Labute approximate surface area is 260 Å². The number of ketones is 1. The number of hydrogen-bond acceptors (Lipinski definition) is 4. The first-order valence-electron chi connectivity index (χ1n) is 14.9. The Morgan fingerprint density at radius 1 is 1.02 bits per heavy atom. The van der Waals surface area contributed by atoms with Gasteiger partial charge in [-0.3, -0.25) is 14.4 Å². The van der Waals surface area contributed by atoms with E-state index in [1.54, 1.807) is 42.3 Å². The smallest absolute Gasteiger partial charge is 0.270 e. The Morgan fingerprint density at radius 2 is 1.73 bits per heavy atom. The molecule has 0 atom stereocenters. The van der Waals surface area contributed by atoms with Gasteiger partial charge in [-0.25, -0.2) is 4.39 Å². The van der Waals surface area contributed by atoms with Gasteiger partial charge in [-0.2, -0.15) is 0 Å². The summed E-state index contributed by atoms with van der Waals surface area (Å²) in [5, 5.41) is 6.44. The van der Waals surface area contributed by atoms with Gasteiger partial charge >= 0.3 is 0 Å². The van der Waals surface area contributed by atoms with Crippen LogP contribution in [0, 0.1) is 24.1 Å². The van der Waals surface area contributed by atoms with Gasteiger partial charge in [0.2, 0.25) is 0 Å². The van der Waals surface area contributed by atoms with Crippen LogP contribution in [0.1, 0.15) is 78.9 Å². The van der Waals surface area contributed by atoms with E-state index in [0.717, 1.165) is 41.7 Å². The lowest BCUT2D eigenvalue weighted by molar-refractivity contribution is -0.116. The topological polar surface area (TPSA) is 94.3 Å². The van der Waals surface area contributed by atoms with E-state index in [4.69, 9.17) is 0 Å². The molecule has 1 aliphatic heterocycles. The zero-order valence-electron chi connectivity index (χ0n) is 26.1. The molecule has 0 bridgehead atoms. The number of benzene rings is 2. The lowest BCUT2D eigenvalue weighted by Crippen LogP contribution is -2.48. The molecular formula is C36H43FN4O3. The van der Waals surface area contributed by atoms with E-state index in [1.807, 2.05) is 24.3 Å². The molecule has 2 aliphatic rings. The summed E-state index contributed by atoms with van der Waals surface area (Å²) < 4.78 is 13.1. The van der Waals surface area contributed by atoms with E-state index in [1.165, 1.54) is 17.7 Å². The molecule has 0 saturated heterocycles. The molecule has 1 saturated carbocycles. The second-order valence-electron chi connectivity index (χ2n) is 11.8. The third-order valence-corrected chi connectivity index (χ3v) is 7.47. The fraction of sp³-hybridized carbons (Fsp3) is 0.361. The van der Waals surface area contributed by atoms with Crippen LogP contribution >= 0.6 is 0 Å². The average Bonchev–Trinajstić information content (AvgIpc) is 3.65. The van der Waals surface area contributed by atoms with Crippen molar-refractivity contribution < 1.29 is 18.8 Å². The summed E-state index contributed by atoms with van der Waals surface area (Å²) >= 11 is 0. The molecule has 7 nitrogen and oxygen atoms in total. The number of aryl methyl sites for hydroxylation is 1. The van der Waals surface area contributed by atoms with Gasteiger partial charge in [0.15, 0.2) is 0 Å². The van der Waals surface area contributed by atoms with E-state index in [9.17, 15) is 18.8 Å². The molecule has 1 aliphatic carbocycles. The van der Waals surface area contributed by atoms with Crippen LogP contribution in [-0.4, -0.2) is 46.6 Å². The van der Waals surface area contributed by atoms with E-state index in [0.29, 0.717) is 37.8 Å². The van der Waals surface area contributed by atoms with Crippen molar-refractivity contribution >= 4 is 17.6 Å². The maximum absolute atomic E-state index is 13.1. The molecule has 44 heavy (non-hydrogen) atoms. The third-order valence-electron chi connectivity index (χ3n) is 7.47. The fourth-order valence-corrected chi connectivity index (χ4v) is 5.21. The van der Waals surface area contributed by atoms with E-state index < -0.39 is 0 Å². The molecule has 0 spiro atoms. The number of Topliss-reactive ketones (excluding diaryl/α,β-unsaturated/α-hetero) is 1. The van der Waals surface area contributed by atoms with Gasteiger partial charge in [0, 0.05) is 55.0 Å². The summed E-state index contributed by atoms with van der Waals surface area (Å²) in [6, 6.07) is 18.2. The van der Waals surface area contributed by atoms with Gasteiger partial charge in [0.05, 0.1) is 0 Å². The van der Waals surface area contributed by atoms with Crippen molar-refractivity contribution in [2.24, 2.45) is 5.41 Å². The zero-order valence-corrected chi connectivity index (χ0v) is 26.1. The number of amides is 2. The number of rotatable bonds is 9. The van der Waals surface area contributed by atoms with Crippen molar-refractivity contribution in [3.05, 3.63) is 106 Å². The zero-order chi connectivity index (χ0) is 32.3. The molecular weight excluding hydrogens is 555 g/mol. The second-order valence-corrected chi connectivity index (χ2v) is 11.8. The minimum atomic E-state index is -0.342. The number of nitrogens with zero attached hydrogens (tertiary/aromatic N) is 1. The SMILES string of the molecule is C#C.CC(=O)CC1=C(NCc2ccc(F)cc2)C(C)(C)CN(C(=O)c2ccc[nH]2)C1.CCc1cccc(C(=O)NC2CC2)c1. The van der Waals surface area contributed by atoms with Crippen LogP contribution in [0.25, 0.3) is 0 Å². The first kappa shape index (κ1) is 33.9. The van der Waals surface area contributed by atoms with Crippen LogP contribution in [-0.2, 0) is 17.8 Å². The minimum absolute atomic E-state index is 0.0565. The molecule has 1 fully saturated rings. The second kappa shape index (κ2) is 15.7. The standard InChI is InChI=1S/C22H26FN3O2.C12H15NO.C2H2/c1-15(27)11-17-13-26(21(28)19-5-4-10-24-19)14-22(2,3)20(17)25-12-16-6-8-18(23)9-7-16;1-2-9-4-3-5-10(8-9)12(14)13-11-6-7-11;1-2/h4-10,24-25H,11-14H2,1-3H3;3-5,8,11H,2,6-7H2,1H3,(H,13,14);1-2H. The Kier molecular flexibility index (Phi) is 12.1. The third kappa shape index (κ3) is 9.70. The van der Waals surface area contributed by atoms with Crippen molar-refractivity contribution in [2.45, 2.75) is 66.0 Å². The Balaban J connectivity index is 0.000000276. The highest BCUT2D eigenvalue weighted by molar-refractivity contribution is 5.94. The Bertz CT molecular complexity index is 1470. The maximum Gasteiger partial charge on any atom is 0.270 e. The fourth-order valence-electron chi connectivity index (χ4n) is 5.21. The van der Waals surface area contributed by atoms with Crippen molar-refractivity contribution in [1.29, 1.82) is 0 Å². The molecule has 2 aromatic carbocycles. The number of hydrogen-bond donors (Lipinski definition) is 3. The molecule has 5 rings (SSSR count). The molecule has 232 valence electrons. The summed E-state index contributed by atoms with van der Waals surface area (Å²) in [6.07, 6.45) is 13.3. The van der Waals surface area contributed by atoms with Crippen LogP contribution in [0.15, 0.2) is 78.1 Å². The first-order valence-corrected chi connectivity index (χ1v) is 14.9. The van der Waals surface area contributed by atoms with Gasteiger partial charge in [0.25, 0.3) is 11.8 Å². The normalized spacial score (nSPS) is 15.2. The number of H-pyrrole nitrogens is 1. The monoisotopic (exact) mass is 598 g/mol. The van der Waals surface area contributed by atoms with E-state index in [2.05, 4.69) is 49.2 Å². The lowest BCUT2D eigenvalue weighted by Gasteiger charge is -2.42. The van der Waals surface area contributed by atoms with Crippen molar-refractivity contribution in [3.8, 4) is 12.8 Å². The molecule has 1 aromatic heterocycles. The highest BCUT2D eigenvalue weighted by Crippen LogP contribution is 2.35.